The van der Waals surface area contributed by atoms with Crippen LogP contribution in [0.15, 0.2) is 36.4 Å². The SMILES string of the molecule is COC(=O)c1cccc(NC(=O)c2ccc(N3CCCC3)nn2)c1. The van der Waals surface area contributed by atoms with Gasteiger partial charge in [-0.15, -0.1) is 10.2 Å². The lowest BCUT2D eigenvalue weighted by atomic mass is 10.2. The number of carbonyl (C=O) groups excluding carboxylic acids is 2. The number of aromatic nitrogens is 2. The van der Waals surface area contributed by atoms with E-state index in [2.05, 4.69) is 25.2 Å². The molecule has 2 aromatic rings. The summed E-state index contributed by atoms with van der Waals surface area (Å²) in [5.74, 6) is -0.0462. The fraction of sp³-hybridized carbons (Fsp3) is 0.294. The minimum absolute atomic E-state index is 0.224. The predicted molar refractivity (Wildman–Crippen MR) is 89.2 cm³/mol. The zero-order chi connectivity index (χ0) is 16.9. The molecule has 3 rings (SSSR count). The second-order valence-corrected chi connectivity index (χ2v) is 5.50. The predicted octanol–water partition coefficient (Wildman–Crippen LogP) is 2.12. The van der Waals surface area contributed by atoms with E-state index in [4.69, 9.17) is 0 Å². The van der Waals surface area contributed by atoms with E-state index in [0.29, 0.717) is 11.3 Å². The quantitative estimate of drug-likeness (QED) is 0.866. The molecule has 1 aliphatic heterocycles. The van der Waals surface area contributed by atoms with E-state index in [1.807, 2.05) is 0 Å². The molecule has 0 saturated carbocycles. The van der Waals surface area contributed by atoms with Crippen LogP contribution in [0.4, 0.5) is 11.5 Å². The molecule has 7 heteroatoms. The molecule has 7 nitrogen and oxygen atoms in total. The van der Waals surface area contributed by atoms with Crippen LogP contribution in [0, 0.1) is 0 Å². The number of nitrogens with one attached hydrogen (secondary N) is 1. The number of hydrogen-bond donors (Lipinski definition) is 1. The summed E-state index contributed by atoms with van der Waals surface area (Å²) in [6.07, 6.45) is 2.31. The van der Waals surface area contributed by atoms with Crippen molar-refractivity contribution in [2.45, 2.75) is 12.8 Å². The van der Waals surface area contributed by atoms with Crippen molar-refractivity contribution in [1.29, 1.82) is 0 Å². The smallest absolute Gasteiger partial charge is 0.337 e. The molecule has 1 amide bonds. The molecular formula is C17H18N4O3. The summed E-state index contributed by atoms with van der Waals surface area (Å²) < 4.78 is 4.66. The highest BCUT2D eigenvalue weighted by Crippen LogP contribution is 2.17. The number of carbonyl (C=O) groups is 2. The van der Waals surface area contributed by atoms with Crippen LogP contribution in [0.5, 0.6) is 0 Å². The largest absolute Gasteiger partial charge is 0.465 e. The molecule has 24 heavy (non-hydrogen) atoms. The van der Waals surface area contributed by atoms with E-state index < -0.39 is 5.97 Å². The van der Waals surface area contributed by atoms with Gasteiger partial charge < -0.3 is 15.0 Å². The summed E-state index contributed by atoms with van der Waals surface area (Å²) in [5.41, 5.74) is 1.08. The Kier molecular flexibility index (Phi) is 4.69. The average Bonchev–Trinajstić information content (AvgIpc) is 3.16. The van der Waals surface area contributed by atoms with E-state index in [1.165, 1.54) is 7.11 Å². The molecule has 124 valence electrons. The number of hydrogen-bond acceptors (Lipinski definition) is 6. The number of rotatable bonds is 4. The average molecular weight is 326 g/mol. The van der Waals surface area contributed by atoms with Gasteiger partial charge in [0.1, 0.15) is 0 Å². The fourth-order valence-electron chi connectivity index (χ4n) is 2.60. The highest BCUT2D eigenvalue weighted by molar-refractivity contribution is 6.03. The molecular weight excluding hydrogens is 308 g/mol. The van der Waals surface area contributed by atoms with Gasteiger partial charge in [0, 0.05) is 18.8 Å². The van der Waals surface area contributed by atoms with Crippen LogP contribution in [0.2, 0.25) is 0 Å². The lowest BCUT2D eigenvalue weighted by Gasteiger charge is -2.15. The lowest BCUT2D eigenvalue weighted by molar-refractivity contribution is 0.0600. The molecule has 1 aliphatic rings. The minimum atomic E-state index is -0.458. The molecule has 1 aromatic carbocycles. The van der Waals surface area contributed by atoms with Crippen molar-refractivity contribution < 1.29 is 14.3 Å². The molecule has 0 bridgehead atoms. The first kappa shape index (κ1) is 15.9. The number of benzene rings is 1. The first-order valence-electron chi connectivity index (χ1n) is 7.76. The van der Waals surface area contributed by atoms with Crippen LogP contribution < -0.4 is 10.2 Å². The summed E-state index contributed by atoms with van der Waals surface area (Å²) in [7, 11) is 1.31. The molecule has 1 fully saturated rings. The second kappa shape index (κ2) is 7.08. The zero-order valence-corrected chi connectivity index (χ0v) is 13.4. The van der Waals surface area contributed by atoms with E-state index >= 15 is 0 Å². The van der Waals surface area contributed by atoms with Crippen molar-refractivity contribution in [3.63, 3.8) is 0 Å². The molecule has 1 aromatic heterocycles. The number of nitrogens with zero attached hydrogens (tertiary/aromatic N) is 3. The molecule has 0 unspecified atom stereocenters. The number of esters is 1. The number of amides is 1. The summed E-state index contributed by atoms with van der Waals surface area (Å²) in [4.78, 5) is 25.9. The zero-order valence-electron chi connectivity index (χ0n) is 13.4. The van der Waals surface area contributed by atoms with E-state index in [-0.39, 0.29) is 11.6 Å². The lowest BCUT2D eigenvalue weighted by Crippen LogP contribution is -2.21. The Morgan fingerprint density at radius 2 is 1.92 bits per heavy atom. The normalized spacial score (nSPS) is 13.6. The number of methoxy groups -OCH3 is 1. The molecule has 1 saturated heterocycles. The summed E-state index contributed by atoms with van der Waals surface area (Å²) in [6, 6.07) is 9.99. The van der Waals surface area contributed by atoms with Gasteiger partial charge >= 0.3 is 5.97 Å². The van der Waals surface area contributed by atoms with Crippen molar-refractivity contribution in [3.05, 3.63) is 47.7 Å². The summed E-state index contributed by atoms with van der Waals surface area (Å²) >= 11 is 0. The molecule has 0 atom stereocenters. The topological polar surface area (TPSA) is 84.4 Å². The fourth-order valence-corrected chi connectivity index (χ4v) is 2.60. The van der Waals surface area contributed by atoms with Gasteiger partial charge in [-0.1, -0.05) is 6.07 Å². The number of ether oxygens (including phenoxy) is 1. The molecule has 0 radical (unpaired) electrons. The van der Waals surface area contributed by atoms with Gasteiger partial charge in [-0.2, -0.15) is 0 Å². The molecule has 1 N–H and O–H groups in total. The first-order chi connectivity index (χ1) is 11.7. The maximum absolute atomic E-state index is 12.3. The van der Waals surface area contributed by atoms with Crippen molar-refractivity contribution in [2.24, 2.45) is 0 Å². The maximum atomic E-state index is 12.3. The maximum Gasteiger partial charge on any atom is 0.337 e. The van der Waals surface area contributed by atoms with Gasteiger partial charge in [-0.25, -0.2) is 4.79 Å². The Labute approximate surface area is 139 Å². The van der Waals surface area contributed by atoms with Crippen LogP contribution in [-0.2, 0) is 4.74 Å². The third kappa shape index (κ3) is 3.51. The monoisotopic (exact) mass is 326 g/mol. The van der Waals surface area contributed by atoms with Gasteiger partial charge in [0.05, 0.1) is 12.7 Å². The first-order valence-corrected chi connectivity index (χ1v) is 7.76. The van der Waals surface area contributed by atoms with E-state index in [9.17, 15) is 9.59 Å². The Bertz CT molecular complexity index is 740. The standard InChI is InChI=1S/C17H18N4O3/c1-24-17(23)12-5-4-6-13(11-12)18-16(22)14-7-8-15(20-19-14)21-9-2-3-10-21/h4-8,11H,2-3,9-10H2,1H3,(H,18,22). The summed E-state index contributed by atoms with van der Waals surface area (Å²) in [5, 5.41) is 10.8. The highest BCUT2D eigenvalue weighted by atomic mass is 16.5. The van der Waals surface area contributed by atoms with Crippen molar-refractivity contribution in [3.8, 4) is 0 Å². The van der Waals surface area contributed by atoms with Crippen LogP contribution in [0.25, 0.3) is 0 Å². The van der Waals surface area contributed by atoms with Crippen molar-refractivity contribution >= 4 is 23.4 Å². The van der Waals surface area contributed by atoms with Crippen LogP contribution in [0.1, 0.15) is 33.7 Å². The Morgan fingerprint density at radius 3 is 2.58 bits per heavy atom. The third-order valence-electron chi connectivity index (χ3n) is 3.85. The van der Waals surface area contributed by atoms with Crippen molar-refractivity contribution in [2.75, 3.05) is 30.4 Å². The van der Waals surface area contributed by atoms with Gasteiger partial charge in [-0.05, 0) is 43.2 Å². The van der Waals surface area contributed by atoms with Gasteiger partial charge in [-0.3, -0.25) is 4.79 Å². The van der Waals surface area contributed by atoms with E-state index in [0.717, 1.165) is 31.7 Å². The van der Waals surface area contributed by atoms with Gasteiger partial charge in [0.15, 0.2) is 11.5 Å². The Morgan fingerprint density at radius 1 is 1.12 bits per heavy atom. The van der Waals surface area contributed by atoms with Gasteiger partial charge in [0.25, 0.3) is 5.91 Å². The third-order valence-corrected chi connectivity index (χ3v) is 3.85. The van der Waals surface area contributed by atoms with Crippen molar-refractivity contribution in [1.82, 2.24) is 10.2 Å². The van der Waals surface area contributed by atoms with E-state index in [1.54, 1.807) is 36.4 Å². The summed E-state index contributed by atoms with van der Waals surface area (Å²) in [6.45, 7) is 1.95. The Balaban J connectivity index is 1.69. The second-order valence-electron chi connectivity index (χ2n) is 5.50. The van der Waals surface area contributed by atoms with Crippen LogP contribution in [0.3, 0.4) is 0 Å². The minimum Gasteiger partial charge on any atom is -0.465 e. The van der Waals surface area contributed by atoms with Crippen LogP contribution >= 0.6 is 0 Å². The van der Waals surface area contributed by atoms with Gasteiger partial charge in [0.2, 0.25) is 0 Å². The van der Waals surface area contributed by atoms with Crippen LogP contribution in [-0.4, -0.2) is 42.3 Å². The highest BCUT2D eigenvalue weighted by Gasteiger charge is 2.15. The Hall–Kier alpha value is -2.96. The molecule has 0 spiro atoms. The molecule has 2 heterocycles. The number of anilines is 2. The molecule has 0 aliphatic carbocycles.